The van der Waals surface area contributed by atoms with Gasteiger partial charge in [-0.3, -0.25) is 9.69 Å². The number of carbonyl (C=O) groups excluding carboxylic acids is 1. The van der Waals surface area contributed by atoms with Crippen LogP contribution < -0.4 is 0 Å². The molecule has 0 spiro atoms. The van der Waals surface area contributed by atoms with Crippen molar-refractivity contribution in [2.75, 3.05) is 79.3 Å². The summed E-state index contributed by atoms with van der Waals surface area (Å²) in [7, 11) is -1.50. The lowest BCUT2D eigenvalue weighted by Crippen LogP contribution is -2.54. The number of morpholine rings is 1. The van der Waals surface area contributed by atoms with E-state index in [1.807, 2.05) is 33.6 Å². The fourth-order valence-electron chi connectivity index (χ4n) is 4.94. The molecule has 3 aliphatic heterocycles. The number of piperidine rings is 1. The van der Waals surface area contributed by atoms with Gasteiger partial charge in [0.05, 0.1) is 30.8 Å². The molecular weight excluding hydrogens is 571 g/mol. The van der Waals surface area contributed by atoms with Crippen molar-refractivity contribution in [1.82, 2.24) is 19.0 Å². The van der Waals surface area contributed by atoms with E-state index in [4.69, 9.17) is 9.47 Å². The van der Waals surface area contributed by atoms with Gasteiger partial charge in [-0.1, -0.05) is 12.1 Å². The zero-order valence-corrected chi connectivity index (χ0v) is 22.7. The Balaban J connectivity index is 1.25. The van der Waals surface area contributed by atoms with E-state index in [0.29, 0.717) is 34.2 Å². The van der Waals surface area contributed by atoms with E-state index in [2.05, 4.69) is 16.8 Å². The van der Waals surface area contributed by atoms with Gasteiger partial charge in [-0.2, -0.15) is 4.31 Å². The Bertz CT molecular complexity index is 933. The maximum atomic E-state index is 13.3. The number of benzene rings is 1. The number of halogens is 1. The maximum Gasteiger partial charge on any atom is 0.248 e. The van der Waals surface area contributed by atoms with Crippen molar-refractivity contribution in [2.45, 2.75) is 29.8 Å². The zero-order valence-electron chi connectivity index (χ0n) is 19.8. The van der Waals surface area contributed by atoms with Crippen molar-refractivity contribution in [2.24, 2.45) is 0 Å². The molecule has 1 aromatic carbocycles. The lowest BCUT2D eigenvalue weighted by molar-refractivity contribution is -0.139. The van der Waals surface area contributed by atoms with Gasteiger partial charge in [0, 0.05) is 42.3 Å². The molecule has 34 heavy (non-hydrogen) atoms. The third-order valence-electron chi connectivity index (χ3n) is 7.00. The van der Waals surface area contributed by atoms with Crippen LogP contribution in [0.4, 0.5) is 0 Å². The highest BCUT2D eigenvalue weighted by atomic mass is 127. The summed E-state index contributed by atoms with van der Waals surface area (Å²) in [6, 6.07) is 7.12. The molecule has 0 N–H and O–H groups in total. The molecule has 1 atom stereocenters. The molecule has 0 aliphatic carbocycles. The van der Waals surface area contributed by atoms with E-state index in [1.165, 1.54) is 17.1 Å². The van der Waals surface area contributed by atoms with E-state index >= 15 is 0 Å². The van der Waals surface area contributed by atoms with E-state index in [-0.39, 0.29) is 32.3 Å². The average molecular weight is 607 g/mol. The molecule has 11 heteroatoms. The number of sulfonamides is 1. The fraction of sp³-hybridized carbons (Fsp3) is 0.696. The third kappa shape index (κ3) is 6.29. The number of amides is 1. The van der Waals surface area contributed by atoms with Crippen molar-refractivity contribution < 1.29 is 22.7 Å². The van der Waals surface area contributed by atoms with Gasteiger partial charge in [-0.05, 0) is 67.7 Å². The largest absolute Gasteiger partial charge is 0.378 e. The third-order valence-corrected chi connectivity index (χ3v) is 10.3. The molecule has 3 fully saturated rings. The van der Waals surface area contributed by atoms with Crippen molar-refractivity contribution in [3.05, 3.63) is 27.8 Å². The average Bonchev–Trinajstić information content (AvgIpc) is 2.85. The van der Waals surface area contributed by atoms with Gasteiger partial charge in [0.15, 0.2) is 0 Å². The molecule has 0 aromatic heterocycles. The van der Waals surface area contributed by atoms with Crippen molar-refractivity contribution in [3.8, 4) is 0 Å². The maximum absolute atomic E-state index is 13.3. The second-order valence-electron chi connectivity index (χ2n) is 9.24. The Morgan fingerprint density at radius 1 is 1.09 bits per heavy atom. The summed E-state index contributed by atoms with van der Waals surface area (Å²) in [6.07, 6.45) is 2.39. The quantitative estimate of drug-likeness (QED) is 0.428. The zero-order chi connectivity index (χ0) is 24.1. The monoisotopic (exact) mass is 606 g/mol. The molecule has 9 nitrogen and oxygen atoms in total. The number of hydrogen-bond acceptors (Lipinski definition) is 7. The Morgan fingerprint density at radius 2 is 1.79 bits per heavy atom. The SMILES string of the molecule is CN1CCC(N2CCN(C(=O)COCC3COCCN3S(=O)(=O)c3ccccc3I)CC2)CC1. The molecule has 3 saturated heterocycles. The van der Waals surface area contributed by atoms with Gasteiger partial charge in [-0.25, -0.2) is 8.42 Å². The molecule has 1 unspecified atom stereocenters. The number of piperazine rings is 1. The first kappa shape index (κ1) is 26.2. The smallest absolute Gasteiger partial charge is 0.248 e. The lowest BCUT2D eigenvalue weighted by atomic mass is 10.0. The number of nitrogens with zero attached hydrogens (tertiary/aromatic N) is 4. The first-order valence-electron chi connectivity index (χ1n) is 12.0. The Morgan fingerprint density at radius 3 is 2.50 bits per heavy atom. The number of likely N-dealkylation sites (tertiary alicyclic amines) is 1. The Hall–Kier alpha value is -0.830. The molecule has 190 valence electrons. The molecule has 0 radical (unpaired) electrons. The lowest BCUT2D eigenvalue weighted by Gasteiger charge is -2.42. The van der Waals surface area contributed by atoms with Crippen molar-refractivity contribution in [3.63, 3.8) is 0 Å². The van der Waals surface area contributed by atoms with Crippen LogP contribution in [0.5, 0.6) is 0 Å². The second-order valence-corrected chi connectivity index (χ2v) is 12.3. The topological polar surface area (TPSA) is 82.6 Å². The van der Waals surface area contributed by atoms with Gasteiger partial charge >= 0.3 is 0 Å². The normalized spacial score (nSPS) is 24.4. The van der Waals surface area contributed by atoms with Crippen molar-refractivity contribution in [1.29, 1.82) is 0 Å². The van der Waals surface area contributed by atoms with Crippen LogP contribution in [0.3, 0.4) is 0 Å². The summed E-state index contributed by atoms with van der Waals surface area (Å²) in [5, 5.41) is 0. The highest BCUT2D eigenvalue weighted by Crippen LogP contribution is 2.25. The number of hydrogen-bond donors (Lipinski definition) is 0. The van der Waals surface area contributed by atoms with Crippen molar-refractivity contribution >= 4 is 38.5 Å². The second kappa shape index (κ2) is 11.9. The van der Waals surface area contributed by atoms with Crippen LogP contribution >= 0.6 is 22.6 Å². The molecule has 3 heterocycles. The summed E-state index contributed by atoms with van der Waals surface area (Å²) < 4.78 is 39.9. The molecule has 3 aliphatic rings. The number of ether oxygens (including phenoxy) is 2. The minimum atomic E-state index is -3.67. The minimum absolute atomic E-state index is 0.0354. The fourth-order valence-corrected chi connectivity index (χ4v) is 7.81. The van der Waals surface area contributed by atoms with Crippen LogP contribution in [-0.4, -0.2) is 125 Å². The molecule has 0 bridgehead atoms. The summed E-state index contributed by atoms with van der Waals surface area (Å²) in [4.78, 5) is 19.8. The van der Waals surface area contributed by atoms with Gasteiger partial charge in [0.25, 0.3) is 0 Å². The van der Waals surface area contributed by atoms with Gasteiger partial charge < -0.3 is 19.3 Å². The highest BCUT2D eigenvalue weighted by molar-refractivity contribution is 14.1. The van der Waals surface area contributed by atoms with E-state index < -0.39 is 16.1 Å². The van der Waals surface area contributed by atoms with Crippen LogP contribution in [0.1, 0.15) is 12.8 Å². The van der Waals surface area contributed by atoms with Crippen LogP contribution in [0, 0.1) is 3.57 Å². The molecule has 4 rings (SSSR count). The summed E-state index contributed by atoms with van der Waals surface area (Å²) in [6.45, 7) is 6.47. The first-order valence-corrected chi connectivity index (χ1v) is 14.5. The molecule has 1 amide bonds. The minimum Gasteiger partial charge on any atom is -0.378 e. The van der Waals surface area contributed by atoms with Crippen LogP contribution in [-0.2, 0) is 24.3 Å². The Kier molecular flexibility index (Phi) is 9.21. The molecule has 1 aromatic rings. The predicted molar refractivity (Wildman–Crippen MR) is 137 cm³/mol. The van der Waals surface area contributed by atoms with E-state index in [0.717, 1.165) is 26.2 Å². The summed E-state index contributed by atoms with van der Waals surface area (Å²) in [5.74, 6) is -0.0354. The number of rotatable bonds is 7. The van der Waals surface area contributed by atoms with E-state index in [1.54, 1.807) is 18.2 Å². The molecule has 0 saturated carbocycles. The molecular formula is C23H35IN4O5S. The van der Waals surface area contributed by atoms with Gasteiger partial charge in [0.2, 0.25) is 15.9 Å². The van der Waals surface area contributed by atoms with Gasteiger partial charge in [0.1, 0.15) is 6.61 Å². The first-order chi connectivity index (χ1) is 16.4. The predicted octanol–water partition coefficient (Wildman–Crippen LogP) is 0.936. The summed E-state index contributed by atoms with van der Waals surface area (Å²) in [5.41, 5.74) is 0. The van der Waals surface area contributed by atoms with E-state index in [9.17, 15) is 13.2 Å². The van der Waals surface area contributed by atoms with Crippen LogP contribution in [0.25, 0.3) is 0 Å². The highest BCUT2D eigenvalue weighted by Gasteiger charge is 2.35. The van der Waals surface area contributed by atoms with Crippen LogP contribution in [0.15, 0.2) is 29.2 Å². The standard InChI is InChI=1S/C23H35IN4O5S/c1-25-8-6-19(7-9-25)26-10-12-27(13-11-26)23(29)18-33-17-20-16-32-15-14-28(20)34(30,31)22-5-3-2-4-21(22)24/h2-5,19-20H,6-18H2,1H3. The van der Waals surface area contributed by atoms with Gasteiger partial charge in [-0.15, -0.1) is 0 Å². The summed E-state index contributed by atoms with van der Waals surface area (Å²) >= 11 is 2.04. The number of carbonyl (C=O) groups is 1. The Labute approximate surface area is 216 Å². The van der Waals surface area contributed by atoms with Crippen LogP contribution in [0.2, 0.25) is 0 Å².